The van der Waals surface area contributed by atoms with Gasteiger partial charge in [-0.3, -0.25) is 19.3 Å². The highest BCUT2D eigenvalue weighted by Gasteiger charge is 2.27. The second kappa shape index (κ2) is 6.49. The normalized spacial score (nSPS) is 14.3. The molecule has 7 nitrogen and oxygen atoms in total. The Hall–Kier alpha value is -2.22. The van der Waals surface area contributed by atoms with Crippen LogP contribution in [-0.4, -0.2) is 57.6 Å². The smallest absolute Gasteiger partial charge is 0.323 e. The maximum Gasteiger partial charge on any atom is 0.323 e. The molecule has 112 valence electrons. The largest absolute Gasteiger partial charge is 0.508 e. The topological polar surface area (TPSA) is 98.2 Å². The van der Waals surface area contributed by atoms with Crippen molar-refractivity contribution in [1.82, 2.24) is 4.90 Å². The van der Waals surface area contributed by atoms with E-state index in [9.17, 15) is 19.5 Å². The number of carboxylic acids is 1. The van der Waals surface area contributed by atoms with E-state index in [1.165, 1.54) is 40.9 Å². The molecule has 0 bridgehead atoms. The van der Waals surface area contributed by atoms with Gasteiger partial charge in [0.1, 0.15) is 18.8 Å². The molecule has 1 heterocycles. The zero-order chi connectivity index (χ0) is 15.4. The molecule has 0 aromatic heterocycles. The number of aromatic hydroxyl groups is 1. The molecule has 1 aliphatic heterocycles. The van der Waals surface area contributed by atoms with E-state index in [-0.39, 0.29) is 18.2 Å². The van der Waals surface area contributed by atoms with Crippen LogP contribution in [0.3, 0.4) is 0 Å². The first-order valence-electron chi connectivity index (χ1n) is 6.14. The number of anilines is 1. The summed E-state index contributed by atoms with van der Waals surface area (Å²) < 4.78 is 0. The number of hydrogen-bond acceptors (Lipinski definition) is 5. The highest BCUT2D eigenvalue weighted by Crippen LogP contribution is 2.20. The third kappa shape index (κ3) is 3.88. The minimum Gasteiger partial charge on any atom is -0.508 e. The van der Waals surface area contributed by atoms with E-state index in [0.29, 0.717) is 17.3 Å². The van der Waals surface area contributed by atoms with Crippen molar-refractivity contribution >= 4 is 35.2 Å². The molecule has 0 aliphatic carbocycles. The van der Waals surface area contributed by atoms with Crippen LogP contribution in [0.15, 0.2) is 24.3 Å². The summed E-state index contributed by atoms with van der Waals surface area (Å²) in [5.41, 5.74) is 0.361. The SMILES string of the molecule is O=C(O)CN(C(=O)CN1CSCC1=O)c1ccc(O)cc1. The van der Waals surface area contributed by atoms with Crippen LogP contribution < -0.4 is 4.90 Å². The van der Waals surface area contributed by atoms with Gasteiger partial charge in [-0.25, -0.2) is 0 Å². The van der Waals surface area contributed by atoms with Crippen molar-refractivity contribution in [3.63, 3.8) is 0 Å². The van der Waals surface area contributed by atoms with Gasteiger partial charge in [-0.15, -0.1) is 11.8 Å². The number of amides is 2. The number of benzene rings is 1. The molecule has 0 spiro atoms. The van der Waals surface area contributed by atoms with Gasteiger partial charge in [0.05, 0.1) is 11.6 Å². The van der Waals surface area contributed by atoms with Crippen molar-refractivity contribution in [3.8, 4) is 5.75 Å². The Morgan fingerprint density at radius 1 is 1.29 bits per heavy atom. The van der Waals surface area contributed by atoms with Crippen LogP contribution in [0.25, 0.3) is 0 Å². The predicted molar refractivity (Wildman–Crippen MR) is 77.1 cm³/mol. The lowest BCUT2D eigenvalue weighted by molar-refractivity contribution is -0.137. The van der Waals surface area contributed by atoms with Crippen LogP contribution >= 0.6 is 11.8 Å². The lowest BCUT2D eigenvalue weighted by Gasteiger charge is -2.23. The summed E-state index contributed by atoms with van der Waals surface area (Å²) >= 11 is 1.41. The van der Waals surface area contributed by atoms with E-state index in [4.69, 9.17) is 5.11 Å². The fraction of sp³-hybridized carbons (Fsp3) is 0.308. The molecule has 21 heavy (non-hydrogen) atoms. The van der Waals surface area contributed by atoms with E-state index in [0.717, 1.165) is 4.90 Å². The van der Waals surface area contributed by atoms with Crippen LogP contribution in [0.4, 0.5) is 5.69 Å². The lowest BCUT2D eigenvalue weighted by atomic mass is 10.2. The standard InChI is InChI=1S/C13H14N2O5S/c16-10-3-1-9(2-4-10)15(6-13(19)20)11(17)5-14-8-21-7-12(14)18/h1-4,16H,5-8H2,(H,19,20). The van der Waals surface area contributed by atoms with Gasteiger partial charge in [-0.05, 0) is 24.3 Å². The van der Waals surface area contributed by atoms with Crippen molar-refractivity contribution in [2.75, 3.05) is 29.6 Å². The van der Waals surface area contributed by atoms with Crippen LogP contribution in [0, 0.1) is 0 Å². The summed E-state index contributed by atoms with van der Waals surface area (Å²) in [6.45, 7) is -0.654. The minimum atomic E-state index is -1.15. The summed E-state index contributed by atoms with van der Waals surface area (Å²) in [6.07, 6.45) is 0. The molecule has 1 fully saturated rings. The van der Waals surface area contributed by atoms with Crippen molar-refractivity contribution in [3.05, 3.63) is 24.3 Å². The molecule has 0 saturated carbocycles. The summed E-state index contributed by atoms with van der Waals surface area (Å²) in [7, 11) is 0. The number of thioether (sulfide) groups is 1. The molecule has 2 N–H and O–H groups in total. The molecule has 0 radical (unpaired) electrons. The highest BCUT2D eigenvalue weighted by molar-refractivity contribution is 8.00. The molecule has 1 aromatic rings. The van der Waals surface area contributed by atoms with Gasteiger partial charge in [0.2, 0.25) is 11.8 Å². The van der Waals surface area contributed by atoms with E-state index in [1.54, 1.807) is 0 Å². The van der Waals surface area contributed by atoms with Crippen molar-refractivity contribution in [1.29, 1.82) is 0 Å². The third-order valence-electron chi connectivity index (χ3n) is 2.91. The van der Waals surface area contributed by atoms with E-state index in [2.05, 4.69) is 0 Å². The first kappa shape index (κ1) is 15.2. The molecule has 1 aliphatic rings. The first-order chi connectivity index (χ1) is 9.97. The predicted octanol–water partition coefficient (Wildman–Crippen LogP) is 0.343. The number of carbonyl (C=O) groups excluding carboxylic acids is 2. The summed E-state index contributed by atoms with van der Waals surface area (Å²) in [4.78, 5) is 37.2. The Morgan fingerprint density at radius 3 is 2.48 bits per heavy atom. The molecule has 1 aromatic carbocycles. The van der Waals surface area contributed by atoms with Gasteiger partial charge in [-0.2, -0.15) is 0 Å². The quantitative estimate of drug-likeness (QED) is 0.814. The Labute approximate surface area is 125 Å². The maximum absolute atomic E-state index is 12.3. The molecular formula is C13H14N2O5S. The Balaban J connectivity index is 2.14. The number of rotatable bonds is 5. The molecular weight excluding hydrogens is 296 g/mol. The average Bonchev–Trinajstić information content (AvgIpc) is 2.82. The third-order valence-corrected chi connectivity index (χ3v) is 3.85. The van der Waals surface area contributed by atoms with E-state index < -0.39 is 18.4 Å². The van der Waals surface area contributed by atoms with Crippen LogP contribution in [0.5, 0.6) is 5.75 Å². The van der Waals surface area contributed by atoms with Crippen molar-refractivity contribution < 1.29 is 24.6 Å². The molecule has 0 atom stereocenters. The van der Waals surface area contributed by atoms with Gasteiger partial charge in [-0.1, -0.05) is 0 Å². The average molecular weight is 310 g/mol. The summed E-state index contributed by atoms with van der Waals surface area (Å²) in [5.74, 6) is -0.966. The number of hydrogen-bond donors (Lipinski definition) is 2. The fourth-order valence-corrected chi connectivity index (χ4v) is 2.78. The van der Waals surface area contributed by atoms with E-state index in [1.807, 2.05) is 0 Å². The van der Waals surface area contributed by atoms with E-state index >= 15 is 0 Å². The highest BCUT2D eigenvalue weighted by atomic mass is 32.2. The first-order valence-corrected chi connectivity index (χ1v) is 7.29. The molecule has 8 heteroatoms. The second-order valence-corrected chi connectivity index (χ2v) is 5.41. The van der Waals surface area contributed by atoms with Crippen molar-refractivity contribution in [2.24, 2.45) is 0 Å². The Kier molecular flexibility index (Phi) is 4.69. The number of carbonyl (C=O) groups is 3. The molecule has 2 amide bonds. The maximum atomic E-state index is 12.3. The molecule has 0 unspecified atom stereocenters. The minimum absolute atomic E-state index is 0.0209. The van der Waals surface area contributed by atoms with Gasteiger partial charge in [0, 0.05) is 5.69 Å². The molecule has 2 rings (SSSR count). The monoisotopic (exact) mass is 310 g/mol. The van der Waals surface area contributed by atoms with Gasteiger partial charge in [0.15, 0.2) is 0 Å². The number of aliphatic carboxylic acids is 1. The van der Waals surface area contributed by atoms with Gasteiger partial charge >= 0.3 is 5.97 Å². The van der Waals surface area contributed by atoms with Crippen LogP contribution in [-0.2, 0) is 14.4 Å². The number of phenols is 1. The number of carboxylic acid groups (broad SMARTS) is 1. The number of nitrogens with zero attached hydrogens (tertiary/aromatic N) is 2. The summed E-state index contributed by atoms with van der Waals surface area (Å²) in [6, 6.07) is 5.65. The van der Waals surface area contributed by atoms with Crippen LogP contribution in [0.1, 0.15) is 0 Å². The van der Waals surface area contributed by atoms with Gasteiger partial charge in [0.25, 0.3) is 0 Å². The number of phenolic OH excluding ortho intramolecular Hbond substituents is 1. The second-order valence-electron chi connectivity index (χ2n) is 4.46. The fourth-order valence-electron chi connectivity index (χ4n) is 1.88. The zero-order valence-electron chi connectivity index (χ0n) is 11.1. The lowest BCUT2D eigenvalue weighted by Crippen LogP contribution is -2.43. The van der Waals surface area contributed by atoms with Crippen molar-refractivity contribution in [2.45, 2.75) is 0 Å². The molecule has 1 saturated heterocycles. The Morgan fingerprint density at radius 2 is 1.95 bits per heavy atom. The Bertz CT molecular complexity index is 560. The van der Waals surface area contributed by atoms with Crippen LogP contribution in [0.2, 0.25) is 0 Å². The zero-order valence-corrected chi connectivity index (χ0v) is 11.9. The summed E-state index contributed by atoms with van der Waals surface area (Å²) in [5, 5.41) is 18.2. The van der Waals surface area contributed by atoms with Gasteiger partial charge < -0.3 is 15.1 Å².